The maximum absolute atomic E-state index is 12.9. The minimum absolute atomic E-state index is 0.0242. The minimum Gasteiger partial charge on any atom is -0.399 e. The average Bonchev–Trinajstić information content (AvgIpc) is 2.92. The first-order valence-electron chi connectivity index (χ1n) is 8.07. The molecular formula is C19H17ClN2OS. The van der Waals surface area contributed by atoms with Crippen LogP contribution in [0.4, 0.5) is 5.69 Å². The molecule has 0 amide bonds. The van der Waals surface area contributed by atoms with E-state index < -0.39 is 0 Å². The number of carbonyl (C=O) groups is 1. The molecule has 0 fully saturated rings. The fourth-order valence-corrected chi connectivity index (χ4v) is 5.00. The van der Waals surface area contributed by atoms with Crippen LogP contribution in [-0.4, -0.2) is 10.8 Å². The molecule has 122 valence electrons. The van der Waals surface area contributed by atoms with E-state index in [1.54, 1.807) is 24.3 Å². The number of anilines is 1. The minimum atomic E-state index is 0.0242. The van der Waals surface area contributed by atoms with Crippen molar-refractivity contribution >= 4 is 44.6 Å². The van der Waals surface area contributed by atoms with Gasteiger partial charge in [-0.1, -0.05) is 11.6 Å². The highest BCUT2D eigenvalue weighted by molar-refractivity contribution is 7.20. The number of halogens is 1. The van der Waals surface area contributed by atoms with E-state index in [9.17, 15) is 4.79 Å². The number of aryl methyl sites for hydroxylation is 2. The summed E-state index contributed by atoms with van der Waals surface area (Å²) in [7, 11) is 0. The predicted molar refractivity (Wildman–Crippen MR) is 100 cm³/mol. The second kappa shape index (κ2) is 5.87. The second-order valence-electron chi connectivity index (χ2n) is 6.25. The molecular weight excluding hydrogens is 340 g/mol. The zero-order valence-electron chi connectivity index (χ0n) is 13.4. The molecule has 1 aliphatic carbocycles. The average molecular weight is 357 g/mol. The number of benzene rings is 1. The molecule has 1 aromatic carbocycles. The van der Waals surface area contributed by atoms with Gasteiger partial charge < -0.3 is 5.73 Å². The Kier molecular flexibility index (Phi) is 3.82. The number of hydrogen-bond donors (Lipinski definition) is 1. The summed E-state index contributed by atoms with van der Waals surface area (Å²) in [5.41, 5.74) is 10.5. The summed E-state index contributed by atoms with van der Waals surface area (Å²) in [6, 6.07) is 7.06. The molecule has 0 unspecified atom stereocenters. The van der Waals surface area contributed by atoms with E-state index in [2.05, 4.69) is 4.98 Å². The van der Waals surface area contributed by atoms with Gasteiger partial charge in [0.25, 0.3) is 0 Å². The van der Waals surface area contributed by atoms with Gasteiger partial charge in [0.05, 0.1) is 4.88 Å². The van der Waals surface area contributed by atoms with E-state index in [-0.39, 0.29) is 5.78 Å². The number of thiophene rings is 1. The second-order valence-corrected chi connectivity index (χ2v) is 7.61. The Hall–Kier alpha value is -1.91. The lowest BCUT2D eigenvalue weighted by Gasteiger charge is -2.17. The normalized spacial score (nSPS) is 13.9. The molecule has 0 saturated carbocycles. The molecule has 0 aliphatic heterocycles. The van der Waals surface area contributed by atoms with Gasteiger partial charge in [-0.3, -0.25) is 4.79 Å². The van der Waals surface area contributed by atoms with Crippen molar-refractivity contribution in [1.82, 2.24) is 4.98 Å². The number of carbonyl (C=O) groups excluding carboxylic acids is 1. The molecule has 24 heavy (non-hydrogen) atoms. The number of ketones is 1. The first kappa shape index (κ1) is 15.6. The Morgan fingerprint density at radius 2 is 1.83 bits per heavy atom. The third-order valence-corrected chi connectivity index (χ3v) is 6.22. The summed E-state index contributed by atoms with van der Waals surface area (Å²) < 4.78 is 0. The molecule has 0 saturated heterocycles. The number of aromatic nitrogens is 1. The van der Waals surface area contributed by atoms with Gasteiger partial charge in [0, 0.05) is 16.6 Å². The summed E-state index contributed by atoms with van der Waals surface area (Å²) in [5.74, 6) is 0.0242. The molecule has 4 rings (SSSR count). The highest BCUT2D eigenvalue weighted by Crippen LogP contribution is 2.39. The molecule has 2 heterocycles. The van der Waals surface area contributed by atoms with Crippen LogP contribution in [0.2, 0.25) is 5.15 Å². The molecule has 2 N–H and O–H groups in total. The topological polar surface area (TPSA) is 56.0 Å². The number of nitrogens with two attached hydrogens (primary N) is 1. The van der Waals surface area contributed by atoms with Gasteiger partial charge in [0.1, 0.15) is 9.98 Å². The highest BCUT2D eigenvalue weighted by Gasteiger charge is 2.24. The molecule has 0 atom stereocenters. The molecule has 3 nitrogen and oxygen atoms in total. The Labute approximate surface area is 149 Å². The van der Waals surface area contributed by atoms with Crippen LogP contribution in [-0.2, 0) is 12.8 Å². The van der Waals surface area contributed by atoms with E-state index in [4.69, 9.17) is 17.3 Å². The Bertz CT molecular complexity index is 960. The Balaban J connectivity index is 1.90. The third kappa shape index (κ3) is 2.41. The van der Waals surface area contributed by atoms with Crippen molar-refractivity contribution in [2.45, 2.75) is 32.6 Å². The quantitative estimate of drug-likeness (QED) is 0.401. The summed E-state index contributed by atoms with van der Waals surface area (Å²) in [6.07, 6.45) is 4.31. The first-order valence-corrected chi connectivity index (χ1v) is 9.26. The highest BCUT2D eigenvalue weighted by atomic mass is 35.5. The van der Waals surface area contributed by atoms with E-state index in [0.717, 1.165) is 39.9 Å². The van der Waals surface area contributed by atoms with Crippen LogP contribution in [0.3, 0.4) is 0 Å². The lowest BCUT2D eigenvalue weighted by molar-refractivity contribution is 0.104. The Morgan fingerprint density at radius 3 is 2.54 bits per heavy atom. The third-order valence-electron chi connectivity index (χ3n) is 4.73. The maximum Gasteiger partial charge on any atom is 0.203 e. The van der Waals surface area contributed by atoms with Crippen LogP contribution >= 0.6 is 22.9 Å². The van der Waals surface area contributed by atoms with Gasteiger partial charge in [0.15, 0.2) is 0 Å². The van der Waals surface area contributed by atoms with E-state index in [1.807, 2.05) is 6.92 Å². The Morgan fingerprint density at radius 1 is 1.17 bits per heavy atom. The van der Waals surface area contributed by atoms with Crippen molar-refractivity contribution in [1.29, 1.82) is 0 Å². The number of nitrogens with zero attached hydrogens (tertiary/aromatic N) is 1. The van der Waals surface area contributed by atoms with Gasteiger partial charge >= 0.3 is 0 Å². The van der Waals surface area contributed by atoms with Crippen molar-refractivity contribution in [3.8, 4) is 0 Å². The lowest BCUT2D eigenvalue weighted by Crippen LogP contribution is -2.06. The van der Waals surface area contributed by atoms with Crippen molar-refractivity contribution in [3.63, 3.8) is 0 Å². The number of nitrogen functional groups attached to an aromatic ring is 1. The molecule has 2 aromatic heterocycles. The van der Waals surface area contributed by atoms with Crippen molar-refractivity contribution < 1.29 is 4.79 Å². The van der Waals surface area contributed by atoms with Gasteiger partial charge in [-0.25, -0.2) is 4.98 Å². The SMILES string of the molecule is Cc1c(C(=O)c2ccc(N)cc2)sc2nc(Cl)c3c(c12)CCCC3. The van der Waals surface area contributed by atoms with Crippen LogP contribution in [0.15, 0.2) is 24.3 Å². The van der Waals surface area contributed by atoms with Gasteiger partial charge in [-0.15, -0.1) is 11.3 Å². The monoisotopic (exact) mass is 356 g/mol. The van der Waals surface area contributed by atoms with Gasteiger partial charge in [-0.05, 0) is 73.6 Å². The van der Waals surface area contributed by atoms with Crippen molar-refractivity contribution in [2.75, 3.05) is 5.73 Å². The van der Waals surface area contributed by atoms with E-state index in [0.29, 0.717) is 16.4 Å². The summed E-state index contributed by atoms with van der Waals surface area (Å²) in [5, 5.41) is 1.74. The fourth-order valence-electron chi connectivity index (χ4n) is 3.48. The number of fused-ring (bicyclic) bond motifs is 3. The first-order chi connectivity index (χ1) is 11.6. The predicted octanol–water partition coefficient (Wildman–Crippen LogP) is 4.95. The van der Waals surface area contributed by atoms with Crippen LogP contribution in [0.1, 0.15) is 44.8 Å². The van der Waals surface area contributed by atoms with Crippen LogP contribution in [0.25, 0.3) is 10.2 Å². The molecule has 5 heteroatoms. The van der Waals surface area contributed by atoms with E-state index >= 15 is 0 Å². The smallest absolute Gasteiger partial charge is 0.203 e. The standard InChI is InChI=1S/C19H17ClN2OS/c1-10-15-13-4-2-3-5-14(13)18(20)22-19(15)24-17(10)16(23)11-6-8-12(21)9-7-11/h6-9H,2-5,21H2,1H3. The molecule has 0 radical (unpaired) electrons. The lowest BCUT2D eigenvalue weighted by atomic mass is 9.90. The zero-order valence-corrected chi connectivity index (χ0v) is 14.9. The fraction of sp³-hybridized carbons (Fsp3) is 0.263. The van der Waals surface area contributed by atoms with Crippen molar-refractivity contribution in [3.05, 3.63) is 56.5 Å². The van der Waals surface area contributed by atoms with Crippen LogP contribution in [0.5, 0.6) is 0 Å². The van der Waals surface area contributed by atoms with Crippen LogP contribution in [0, 0.1) is 6.92 Å². The maximum atomic E-state index is 12.9. The van der Waals surface area contributed by atoms with Gasteiger partial charge in [-0.2, -0.15) is 0 Å². The molecule has 1 aliphatic rings. The molecule has 3 aromatic rings. The summed E-state index contributed by atoms with van der Waals surface area (Å²) >= 11 is 7.84. The zero-order chi connectivity index (χ0) is 16.8. The van der Waals surface area contributed by atoms with E-state index in [1.165, 1.54) is 28.9 Å². The number of pyridine rings is 1. The number of hydrogen-bond acceptors (Lipinski definition) is 4. The van der Waals surface area contributed by atoms with Gasteiger partial charge in [0.2, 0.25) is 5.78 Å². The summed E-state index contributed by atoms with van der Waals surface area (Å²) in [4.78, 5) is 19.1. The molecule has 0 bridgehead atoms. The van der Waals surface area contributed by atoms with Crippen LogP contribution < -0.4 is 5.73 Å². The largest absolute Gasteiger partial charge is 0.399 e. The molecule has 0 spiro atoms. The van der Waals surface area contributed by atoms with Crippen molar-refractivity contribution in [2.24, 2.45) is 0 Å². The summed E-state index contributed by atoms with van der Waals surface area (Å²) in [6.45, 7) is 2.02. The number of rotatable bonds is 2.